The summed E-state index contributed by atoms with van der Waals surface area (Å²) in [6.45, 7) is 3.53. The highest BCUT2D eigenvalue weighted by molar-refractivity contribution is 5.74. The van der Waals surface area contributed by atoms with Crippen molar-refractivity contribution in [1.82, 2.24) is 4.90 Å². The quantitative estimate of drug-likeness (QED) is 0.806. The minimum Gasteiger partial charge on any atom is -0.364 e. The molecule has 5 aliphatic heterocycles. The maximum atomic E-state index is 3.90. The predicted octanol–water partition coefficient (Wildman–Crippen LogP) is 3.13. The van der Waals surface area contributed by atoms with Crippen molar-refractivity contribution in [2.24, 2.45) is 0 Å². The van der Waals surface area contributed by atoms with Crippen molar-refractivity contribution >= 4 is 11.4 Å². The molecule has 116 valence electrons. The van der Waals surface area contributed by atoms with Gasteiger partial charge in [-0.1, -0.05) is 30.3 Å². The highest BCUT2D eigenvalue weighted by atomic mass is 15.3. The summed E-state index contributed by atoms with van der Waals surface area (Å²) in [5, 5.41) is 3.90. The second-order valence-corrected chi connectivity index (χ2v) is 7.63. The van der Waals surface area contributed by atoms with E-state index in [-0.39, 0.29) is 5.41 Å². The molecule has 2 bridgehead atoms. The zero-order valence-corrected chi connectivity index (χ0v) is 13.4. The van der Waals surface area contributed by atoms with Gasteiger partial charge in [0.1, 0.15) is 6.17 Å². The Morgan fingerprint density at radius 3 is 3.00 bits per heavy atom. The summed E-state index contributed by atoms with van der Waals surface area (Å²) in [6, 6.07) is 15.9. The van der Waals surface area contributed by atoms with E-state index >= 15 is 0 Å². The molecule has 3 heteroatoms. The van der Waals surface area contributed by atoms with Crippen LogP contribution in [0.5, 0.6) is 0 Å². The van der Waals surface area contributed by atoms with Crippen LogP contribution in [0.4, 0.5) is 11.4 Å². The number of hydrogen-bond acceptors (Lipinski definition) is 3. The van der Waals surface area contributed by atoms with Crippen LogP contribution in [0.15, 0.2) is 42.5 Å². The summed E-state index contributed by atoms with van der Waals surface area (Å²) in [5.41, 5.74) is 7.73. The van der Waals surface area contributed by atoms with Crippen LogP contribution in [-0.2, 0) is 12.0 Å². The van der Waals surface area contributed by atoms with Crippen LogP contribution in [0.25, 0.3) is 0 Å². The lowest BCUT2D eigenvalue weighted by atomic mass is 9.61. The molecule has 2 aromatic carbocycles. The van der Waals surface area contributed by atoms with Gasteiger partial charge in [-0.3, -0.25) is 4.90 Å². The van der Waals surface area contributed by atoms with E-state index in [9.17, 15) is 0 Å². The molecule has 5 heterocycles. The maximum Gasteiger partial charge on any atom is 0.109 e. The van der Waals surface area contributed by atoms with Gasteiger partial charge in [-0.2, -0.15) is 0 Å². The van der Waals surface area contributed by atoms with Crippen molar-refractivity contribution in [2.75, 3.05) is 30.4 Å². The Labute approximate surface area is 136 Å². The topological polar surface area (TPSA) is 18.5 Å². The van der Waals surface area contributed by atoms with Crippen LogP contribution in [0, 0.1) is 0 Å². The lowest BCUT2D eigenvalue weighted by Gasteiger charge is -2.52. The van der Waals surface area contributed by atoms with Gasteiger partial charge in [-0.25, -0.2) is 0 Å². The fourth-order valence-corrected chi connectivity index (χ4v) is 5.89. The maximum absolute atomic E-state index is 3.90. The van der Waals surface area contributed by atoms with Crippen molar-refractivity contribution in [3.05, 3.63) is 59.2 Å². The van der Waals surface area contributed by atoms with Crippen LogP contribution >= 0.6 is 0 Å². The average Bonchev–Trinajstić information content (AvgIpc) is 2.72. The minimum absolute atomic E-state index is 0.238. The Morgan fingerprint density at radius 1 is 1.13 bits per heavy atom. The molecular formula is C20H21N3. The number of anilines is 2. The van der Waals surface area contributed by atoms with E-state index in [1.807, 2.05) is 0 Å². The average molecular weight is 303 g/mol. The standard InChI is InChI=1S/C20H21N3/c1-22-17-8-4-5-13-11-23-10-9-20(18(13)17)15(12-23)14-6-2-3-7-16(14)21-19(20)22/h2-8,15,19,21H,9-12H2,1H3/t15-,19-,20+/m1/s1. The molecule has 23 heavy (non-hydrogen) atoms. The minimum atomic E-state index is 0.238. The number of para-hydroxylation sites is 1. The van der Waals surface area contributed by atoms with Crippen LogP contribution in [0.1, 0.15) is 29.0 Å². The highest BCUT2D eigenvalue weighted by Crippen LogP contribution is 2.61. The van der Waals surface area contributed by atoms with Crippen LogP contribution in [0.3, 0.4) is 0 Å². The van der Waals surface area contributed by atoms with Crippen LogP contribution in [-0.4, -0.2) is 31.2 Å². The van der Waals surface area contributed by atoms with Crippen molar-refractivity contribution in [3.63, 3.8) is 0 Å². The van der Waals surface area contributed by atoms with Crippen molar-refractivity contribution < 1.29 is 0 Å². The predicted molar refractivity (Wildman–Crippen MR) is 93.0 cm³/mol. The molecule has 1 N–H and O–H groups in total. The Bertz CT molecular complexity index is 829. The SMILES string of the molecule is CN1c2cccc3c2[C@]24CCN(C3)C[C@@H]2c2ccccc2N[C@H]14. The zero-order valence-electron chi connectivity index (χ0n) is 13.4. The molecule has 0 saturated carbocycles. The molecule has 3 nitrogen and oxygen atoms in total. The van der Waals surface area contributed by atoms with Gasteiger partial charge in [0, 0.05) is 42.8 Å². The Balaban J connectivity index is 1.72. The summed E-state index contributed by atoms with van der Waals surface area (Å²) in [6.07, 6.45) is 1.65. The van der Waals surface area contributed by atoms with E-state index in [2.05, 4.69) is 64.6 Å². The fourth-order valence-electron chi connectivity index (χ4n) is 5.89. The summed E-state index contributed by atoms with van der Waals surface area (Å²) in [7, 11) is 2.27. The van der Waals surface area contributed by atoms with Gasteiger partial charge in [0.05, 0.1) is 0 Å². The first-order chi connectivity index (χ1) is 11.3. The van der Waals surface area contributed by atoms with Gasteiger partial charge in [-0.15, -0.1) is 0 Å². The Kier molecular flexibility index (Phi) is 2.11. The number of piperidine rings is 1. The van der Waals surface area contributed by atoms with E-state index in [0.717, 1.165) is 6.54 Å². The molecule has 1 spiro atoms. The van der Waals surface area contributed by atoms with Crippen LogP contribution in [0.2, 0.25) is 0 Å². The number of likely N-dealkylation sites (N-methyl/N-ethyl adjacent to an activating group) is 1. The number of nitrogens with one attached hydrogen (secondary N) is 1. The Morgan fingerprint density at radius 2 is 2.04 bits per heavy atom. The molecule has 0 aliphatic carbocycles. The number of rotatable bonds is 0. The third kappa shape index (κ3) is 1.29. The summed E-state index contributed by atoms with van der Waals surface area (Å²) < 4.78 is 0. The first kappa shape index (κ1) is 12.4. The highest BCUT2D eigenvalue weighted by Gasteiger charge is 2.61. The van der Waals surface area contributed by atoms with Crippen molar-refractivity contribution in [1.29, 1.82) is 0 Å². The molecule has 4 atom stereocenters. The van der Waals surface area contributed by atoms with E-state index in [4.69, 9.17) is 0 Å². The second kappa shape index (κ2) is 3.90. The molecule has 5 aliphatic rings. The van der Waals surface area contributed by atoms with Gasteiger partial charge in [0.2, 0.25) is 0 Å². The van der Waals surface area contributed by atoms with Gasteiger partial charge in [-0.05, 0) is 41.8 Å². The first-order valence-electron chi connectivity index (χ1n) is 8.72. The van der Waals surface area contributed by atoms with Crippen LogP contribution < -0.4 is 10.2 Å². The molecule has 1 saturated heterocycles. The monoisotopic (exact) mass is 303 g/mol. The Hall–Kier alpha value is -2.00. The molecule has 1 unspecified atom stereocenters. The van der Waals surface area contributed by atoms with Crippen molar-refractivity contribution in [2.45, 2.75) is 30.5 Å². The molecular weight excluding hydrogens is 282 g/mol. The molecule has 2 aromatic rings. The van der Waals surface area contributed by atoms with Gasteiger partial charge < -0.3 is 10.2 Å². The lowest BCUT2D eigenvalue weighted by Crippen LogP contribution is -2.59. The third-order valence-electron chi connectivity index (χ3n) is 6.78. The van der Waals surface area contributed by atoms with E-state index < -0.39 is 0 Å². The number of nitrogens with zero attached hydrogens (tertiary/aromatic N) is 2. The summed E-state index contributed by atoms with van der Waals surface area (Å²) >= 11 is 0. The van der Waals surface area contributed by atoms with E-state index in [1.165, 1.54) is 36.4 Å². The normalized spacial score (nSPS) is 35.3. The number of fused-ring (bicyclic) bond motifs is 2. The molecule has 1 fully saturated rings. The summed E-state index contributed by atoms with van der Waals surface area (Å²) in [4.78, 5) is 5.17. The molecule has 0 aromatic heterocycles. The van der Waals surface area contributed by atoms with Gasteiger partial charge in [0.15, 0.2) is 0 Å². The second-order valence-electron chi connectivity index (χ2n) is 7.63. The van der Waals surface area contributed by atoms with Crippen molar-refractivity contribution in [3.8, 4) is 0 Å². The number of benzene rings is 2. The summed E-state index contributed by atoms with van der Waals surface area (Å²) in [5.74, 6) is 0.603. The fraction of sp³-hybridized carbons (Fsp3) is 0.400. The third-order valence-corrected chi connectivity index (χ3v) is 6.78. The molecule has 0 radical (unpaired) electrons. The largest absolute Gasteiger partial charge is 0.364 e. The molecule has 7 rings (SSSR count). The smallest absolute Gasteiger partial charge is 0.109 e. The number of hydrogen-bond donors (Lipinski definition) is 1. The van der Waals surface area contributed by atoms with Gasteiger partial charge >= 0.3 is 0 Å². The van der Waals surface area contributed by atoms with Gasteiger partial charge in [0.25, 0.3) is 0 Å². The zero-order chi connectivity index (χ0) is 15.2. The first-order valence-corrected chi connectivity index (χ1v) is 8.72. The molecule has 0 amide bonds. The van der Waals surface area contributed by atoms with E-state index in [1.54, 1.807) is 11.1 Å². The van der Waals surface area contributed by atoms with E-state index in [0.29, 0.717) is 12.1 Å². The lowest BCUT2D eigenvalue weighted by molar-refractivity contribution is 0.130.